The largest absolute Gasteiger partial charge is 0.272 e. The Morgan fingerprint density at radius 2 is 1.95 bits per heavy atom. The van der Waals surface area contributed by atoms with Gasteiger partial charge in [-0.1, -0.05) is 49.9 Å². The molecule has 0 saturated carbocycles. The summed E-state index contributed by atoms with van der Waals surface area (Å²) in [6, 6.07) is 9.83. The summed E-state index contributed by atoms with van der Waals surface area (Å²) in [7, 11) is 0. The van der Waals surface area contributed by atoms with Crippen LogP contribution in [-0.2, 0) is 4.79 Å². The number of carbonyl (C=O) groups is 1. The second-order valence-electron chi connectivity index (χ2n) is 4.93. The third kappa shape index (κ3) is 5.29. The summed E-state index contributed by atoms with van der Waals surface area (Å²) in [6.45, 7) is 4.30. The number of nitrogens with zero attached hydrogens (tertiary/aromatic N) is 3. The first kappa shape index (κ1) is 16.2. The molecule has 5 nitrogen and oxygen atoms in total. The number of benzene rings is 1. The van der Waals surface area contributed by atoms with E-state index >= 15 is 0 Å². The van der Waals surface area contributed by atoms with E-state index in [0.29, 0.717) is 11.1 Å². The van der Waals surface area contributed by atoms with Crippen LogP contribution >= 0.6 is 11.8 Å². The quantitative estimate of drug-likeness (QED) is 0.385. The molecule has 0 radical (unpaired) electrons. The van der Waals surface area contributed by atoms with Gasteiger partial charge in [-0.2, -0.15) is 5.10 Å². The van der Waals surface area contributed by atoms with Crippen LogP contribution in [0.5, 0.6) is 0 Å². The second kappa shape index (κ2) is 8.29. The predicted octanol–water partition coefficient (Wildman–Crippen LogP) is 2.84. The van der Waals surface area contributed by atoms with Crippen molar-refractivity contribution in [2.24, 2.45) is 5.10 Å². The van der Waals surface area contributed by atoms with E-state index in [1.54, 1.807) is 24.7 Å². The molecule has 0 saturated heterocycles. The van der Waals surface area contributed by atoms with Crippen molar-refractivity contribution in [3.05, 3.63) is 53.9 Å². The molecule has 0 spiro atoms. The monoisotopic (exact) mass is 314 g/mol. The topological polar surface area (TPSA) is 67.2 Å². The highest BCUT2D eigenvalue weighted by Crippen LogP contribution is 2.14. The standard InChI is InChI=1S/C16H18N4OS/c1-12(2)14-6-4-13(5-7-14)10-19-20-15(21)11-22-16-17-8-3-9-18-16/h3-10,12H,11H2,1-2H3,(H,20,21). The van der Waals surface area contributed by atoms with Crippen molar-refractivity contribution in [3.63, 3.8) is 0 Å². The van der Waals surface area contributed by atoms with Crippen LogP contribution in [0.3, 0.4) is 0 Å². The molecule has 2 aromatic rings. The molecule has 0 aliphatic heterocycles. The van der Waals surface area contributed by atoms with Gasteiger partial charge < -0.3 is 0 Å². The molecule has 1 aromatic heterocycles. The SMILES string of the molecule is CC(C)c1ccc(C=NNC(=O)CSc2ncccn2)cc1. The van der Waals surface area contributed by atoms with Crippen LogP contribution in [0.15, 0.2) is 53.0 Å². The summed E-state index contributed by atoms with van der Waals surface area (Å²) in [5.74, 6) is 0.545. The smallest absolute Gasteiger partial charge is 0.250 e. The summed E-state index contributed by atoms with van der Waals surface area (Å²) < 4.78 is 0. The van der Waals surface area contributed by atoms with Gasteiger partial charge in [0.2, 0.25) is 0 Å². The van der Waals surface area contributed by atoms with Crippen LogP contribution in [0.1, 0.15) is 30.9 Å². The summed E-state index contributed by atoms with van der Waals surface area (Å²) in [4.78, 5) is 19.7. The molecule has 0 atom stereocenters. The molecule has 114 valence electrons. The first-order chi connectivity index (χ1) is 10.6. The number of hydrazone groups is 1. The molecule has 1 N–H and O–H groups in total. The average Bonchev–Trinajstić information content (AvgIpc) is 2.54. The number of nitrogens with one attached hydrogen (secondary N) is 1. The lowest BCUT2D eigenvalue weighted by atomic mass is 10.0. The zero-order valence-electron chi connectivity index (χ0n) is 12.6. The Hall–Kier alpha value is -2.21. The Morgan fingerprint density at radius 1 is 1.27 bits per heavy atom. The fourth-order valence-corrected chi connectivity index (χ4v) is 2.26. The summed E-state index contributed by atoms with van der Waals surface area (Å²) >= 11 is 1.27. The molecule has 1 amide bonds. The van der Waals surface area contributed by atoms with Gasteiger partial charge in [0, 0.05) is 12.4 Å². The molecule has 0 fully saturated rings. The van der Waals surface area contributed by atoms with Crippen LogP contribution in [0.4, 0.5) is 0 Å². The van der Waals surface area contributed by atoms with Crippen molar-refractivity contribution < 1.29 is 4.79 Å². The van der Waals surface area contributed by atoms with Crippen LogP contribution in [0.25, 0.3) is 0 Å². The minimum absolute atomic E-state index is 0.187. The van der Waals surface area contributed by atoms with E-state index in [9.17, 15) is 4.79 Å². The lowest BCUT2D eigenvalue weighted by Crippen LogP contribution is -2.19. The molecular weight excluding hydrogens is 296 g/mol. The van der Waals surface area contributed by atoms with Crippen molar-refractivity contribution in [1.82, 2.24) is 15.4 Å². The molecule has 6 heteroatoms. The number of amides is 1. The van der Waals surface area contributed by atoms with Gasteiger partial charge in [0.25, 0.3) is 5.91 Å². The number of aromatic nitrogens is 2. The number of rotatable bonds is 6. The van der Waals surface area contributed by atoms with Crippen molar-refractivity contribution in [1.29, 1.82) is 0 Å². The summed E-state index contributed by atoms with van der Waals surface area (Å²) in [5.41, 5.74) is 4.72. The highest BCUT2D eigenvalue weighted by atomic mass is 32.2. The Labute approximate surface area is 134 Å². The molecular formula is C16H18N4OS. The molecule has 0 aliphatic carbocycles. The lowest BCUT2D eigenvalue weighted by Gasteiger charge is -2.04. The van der Waals surface area contributed by atoms with Crippen molar-refractivity contribution in [2.75, 3.05) is 5.75 Å². The van der Waals surface area contributed by atoms with Gasteiger partial charge in [-0.3, -0.25) is 4.79 Å². The fraction of sp³-hybridized carbons (Fsp3) is 0.250. The van der Waals surface area contributed by atoms with Gasteiger partial charge in [0.1, 0.15) is 0 Å². The highest BCUT2D eigenvalue weighted by Gasteiger charge is 2.03. The van der Waals surface area contributed by atoms with E-state index in [4.69, 9.17) is 0 Å². The van der Waals surface area contributed by atoms with Crippen LogP contribution in [-0.4, -0.2) is 27.8 Å². The van der Waals surface area contributed by atoms with Gasteiger partial charge in [-0.15, -0.1) is 0 Å². The van der Waals surface area contributed by atoms with E-state index < -0.39 is 0 Å². The van der Waals surface area contributed by atoms with E-state index in [-0.39, 0.29) is 11.7 Å². The van der Waals surface area contributed by atoms with Crippen LogP contribution in [0, 0.1) is 0 Å². The minimum atomic E-state index is -0.187. The number of carbonyl (C=O) groups excluding carboxylic acids is 1. The normalized spacial score (nSPS) is 11.0. The second-order valence-corrected chi connectivity index (χ2v) is 5.88. The molecule has 22 heavy (non-hydrogen) atoms. The van der Waals surface area contributed by atoms with Crippen molar-refractivity contribution >= 4 is 23.9 Å². The van der Waals surface area contributed by atoms with Gasteiger partial charge in [0.15, 0.2) is 5.16 Å². The van der Waals surface area contributed by atoms with E-state index in [1.165, 1.54) is 17.3 Å². The third-order valence-corrected chi connectivity index (χ3v) is 3.76. The Morgan fingerprint density at radius 3 is 2.59 bits per heavy atom. The van der Waals surface area contributed by atoms with Crippen LogP contribution in [0.2, 0.25) is 0 Å². The average molecular weight is 314 g/mol. The van der Waals surface area contributed by atoms with E-state index in [0.717, 1.165) is 5.56 Å². The van der Waals surface area contributed by atoms with Gasteiger partial charge in [-0.25, -0.2) is 15.4 Å². The Kier molecular flexibility index (Phi) is 6.09. The first-order valence-corrected chi connectivity index (χ1v) is 7.95. The maximum Gasteiger partial charge on any atom is 0.250 e. The minimum Gasteiger partial charge on any atom is -0.272 e. The number of hydrogen-bond acceptors (Lipinski definition) is 5. The number of thioether (sulfide) groups is 1. The summed E-state index contributed by atoms with van der Waals surface area (Å²) in [5, 5.41) is 4.52. The fourth-order valence-electron chi connectivity index (χ4n) is 1.67. The Bertz CT molecular complexity index is 626. The predicted molar refractivity (Wildman–Crippen MR) is 89.0 cm³/mol. The highest BCUT2D eigenvalue weighted by molar-refractivity contribution is 7.99. The van der Waals surface area contributed by atoms with E-state index in [2.05, 4.69) is 46.5 Å². The number of hydrogen-bond donors (Lipinski definition) is 1. The molecule has 0 bridgehead atoms. The first-order valence-electron chi connectivity index (χ1n) is 6.97. The zero-order valence-corrected chi connectivity index (χ0v) is 13.4. The van der Waals surface area contributed by atoms with Crippen molar-refractivity contribution in [2.45, 2.75) is 24.9 Å². The van der Waals surface area contributed by atoms with Crippen LogP contribution < -0.4 is 5.43 Å². The maximum atomic E-state index is 11.6. The maximum absolute atomic E-state index is 11.6. The van der Waals surface area contributed by atoms with E-state index in [1.807, 2.05) is 12.1 Å². The van der Waals surface area contributed by atoms with Gasteiger partial charge in [-0.05, 0) is 23.1 Å². The third-order valence-electron chi connectivity index (χ3n) is 2.88. The molecule has 1 aromatic carbocycles. The van der Waals surface area contributed by atoms with Gasteiger partial charge >= 0.3 is 0 Å². The van der Waals surface area contributed by atoms with Gasteiger partial charge in [0.05, 0.1) is 12.0 Å². The summed E-state index contributed by atoms with van der Waals surface area (Å²) in [6.07, 6.45) is 4.92. The zero-order chi connectivity index (χ0) is 15.8. The molecule has 0 unspecified atom stereocenters. The lowest BCUT2D eigenvalue weighted by molar-refractivity contribution is -0.118. The molecule has 2 rings (SSSR count). The van der Waals surface area contributed by atoms with Crippen molar-refractivity contribution in [3.8, 4) is 0 Å². The Balaban J connectivity index is 1.78. The molecule has 0 aliphatic rings. The molecule has 1 heterocycles.